The molecule has 0 aromatic heterocycles. The summed E-state index contributed by atoms with van der Waals surface area (Å²) in [5.74, 6) is -0.576. The molecule has 0 aliphatic heterocycles. The van der Waals surface area contributed by atoms with Gasteiger partial charge in [-0.05, 0) is 0 Å². The Kier molecular flexibility index (Phi) is 5.13. The van der Waals surface area contributed by atoms with Gasteiger partial charge in [-0.25, -0.2) is 8.78 Å². The van der Waals surface area contributed by atoms with Crippen LogP contribution >= 0.6 is 11.6 Å². The summed E-state index contributed by atoms with van der Waals surface area (Å²) in [5.41, 5.74) is 0. The van der Waals surface area contributed by atoms with E-state index in [9.17, 15) is 13.6 Å². The van der Waals surface area contributed by atoms with Gasteiger partial charge in [0.2, 0.25) is 5.91 Å². The maximum atomic E-state index is 11.8. The van der Waals surface area contributed by atoms with Crippen molar-refractivity contribution in [3.63, 3.8) is 0 Å². The zero-order valence-corrected chi connectivity index (χ0v) is 7.81. The summed E-state index contributed by atoms with van der Waals surface area (Å²) in [6.45, 7) is 1.08. The van der Waals surface area contributed by atoms with Crippen molar-refractivity contribution in [1.82, 2.24) is 4.90 Å². The second-order valence-corrected chi connectivity index (χ2v) is 2.97. The summed E-state index contributed by atoms with van der Waals surface area (Å²) in [6.07, 6.45) is -2.48. The molecule has 12 heavy (non-hydrogen) atoms. The average Bonchev–Trinajstić information content (AvgIpc) is 2.00. The van der Waals surface area contributed by atoms with Crippen molar-refractivity contribution in [3.05, 3.63) is 0 Å². The highest BCUT2D eigenvalue weighted by Gasteiger charge is 2.18. The van der Waals surface area contributed by atoms with Gasteiger partial charge < -0.3 is 4.90 Å². The van der Waals surface area contributed by atoms with Crippen molar-refractivity contribution in [2.75, 3.05) is 19.5 Å². The van der Waals surface area contributed by atoms with Crippen LogP contribution in [0.2, 0.25) is 0 Å². The molecule has 0 rings (SSSR count). The molecule has 0 saturated heterocycles. The zero-order chi connectivity index (χ0) is 9.72. The molecule has 0 heterocycles. The molecule has 0 bridgehead atoms. The van der Waals surface area contributed by atoms with Gasteiger partial charge in [-0.1, -0.05) is 6.92 Å². The van der Waals surface area contributed by atoms with Crippen LogP contribution in [0.3, 0.4) is 0 Å². The Morgan fingerprint density at radius 2 is 2.08 bits per heavy atom. The topological polar surface area (TPSA) is 20.3 Å². The molecule has 0 aromatic carbocycles. The van der Waals surface area contributed by atoms with Gasteiger partial charge in [0.15, 0.2) is 0 Å². The van der Waals surface area contributed by atoms with Gasteiger partial charge in [0.05, 0.1) is 6.54 Å². The lowest BCUT2D eigenvalue weighted by molar-refractivity contribution is -0.134. The van der Waals surface area contributed by atoms with Crippen molar-refractivity contribution in [2.45, 2.75) is 13.3 Å². The van der Waals surface area contributed by atoms with Crippen molar-refractivity contribution < 1.29 is 13.6 Å². The van der Waals surface area contributed by atoms with Crippen LogP contribution in [-0.4, -0.2) is 36.7 Å². The standard InChI is InChI=1S/C7H12ClF2NO/c1-5(3-8)7(12)11(2)4-6(9)10/h5-6H,3-4H2,1-2H3. The van der Waals surface area contributed by atoms with Gasteiger partial charge >= 0.3 is 0 Å². The number of rotatable bonds is 4. The first kappa shape index (κ1) is 11.6. The summed E-state index contributed by atoms with van der Waals surface area (Å²) >= 11 is 5.39. The monoisotopic (exact) mass is 199 g/mol. The highest BCUT2D eigenvalue weighted by atomic mass is 35.5. The number of halogens is 3. The molecule has 0 radical (unpaired) electrons. The highest BCUT2D eigenvalue weighted by Crippen LogP contribution is 2.05. The lowest BCUT2D eigenvalue weighted by Crippen LogP contribution is -2.35. The second-order valence-electron chi connectivity index (χ2n) is 2.67. The van der Waals surface area contributed by atoms with E-state index in [1.807, 2.05) is 0 Å². The molecular weight excluding hydrogens is 188 g/mol. The van der Waals surface area contributed by atoms with E-state index in [0.717, 1.165) is 4.90 Å². The van der Waals surface area contributed by atoms with E-state index >= 15 is 0 Å². The molecule has 0 aliphatic carbocycles. The molecule has 0 aromatic rings. The van der Waals surface area contributed by atoms with E-state index in [4.69, 9.17) is 11.6 Å². The van der Waals surface area contributed by atoms with E-state index < -0.39 is 18.9 Å². The van der Waals surface area contributed by atoms with Crippen LogP contribution in [-0.2, 0) is 4.79 Å². The molecule has 0 saturated carbocycles. The smallest absolute Gasteiger partial charge is 0.255 e. The van der Waals surface area contributed by atoms with Gasteiger partial charge in [-0.3, -0.25) is 4.79 Å². The Morgan fingerprint density at radius 1 is 1.58 bits per heavy atom. The number of carbonyl (C=O) groups is 1. The first-order valence-electron chi connectivity index (χ1n) is 3.58. The minimum Gasteiger partial charge on any atom is -0.340 e. The highest BCUT2D eigenvalue weighted by molar-refractivity contribution is 6.19. The number of nitrogens with zero attached hydrogens (tertiary/aromatic N) is 1. The maximum Gasteiger partial charge on any atom is 0.255 e. The minimum atomic E-state index is -2.48. The van der Waals surface area contributed by atoms with Crippen molar-refractivity contribution in [1.29, 1.82) is 0 Å². The van der Waals surface area contributed by atoms with Gasteiger partial charge in [0.25, 0.3) is 6.43 Å². The van der Waals surface area contributed by atoms with Crippen LogP contribution in [0.15, 0.2) is 0 Å². The van der Waals surface area contributed by atoms with Crippen LogP contribution in [0.1, 0.15) is 6.92 Å². The summed E-state index contributed by atoms with van der Waals surface area (Å²) in [4.78, 5) is 12.1. The molecule has 1 atom stereocenters. The molecule has 72 valence electrons. The Labute approximate surface area is 75.5 Å². The molecular formula is C7H12ClF2NO. The summed E-state index contributed by atoms with van der Waals surface area (Å²) < 4.78 is 23.6. The third-order valence-electron chi connectivity index (χ3n) is 1.44. The normalized spacial score (nSPS) is 13.2. The lowest BCUT2D eigenvalue weighted by Gasteiger charge is -2.19. The number of carbonyl (C=O) groups excluding carboxylic acids is 1. The molecule has 0 spiro atoms. The van der Waals surface area contributed by atoms with Crippen molar-refractivity contribution in [2.24, 2.45) is 5.92 Å². The fraction of sp³-hybridized carbons (Fsp3) is 0.857. The molecule has 5 heteroatoms. The predicted octanol–water partition coefficient (Wildman–Crippen LogP) is 1.58. The van der Waals surface area contributed by atoms with E-state index in [-0.39, 0.29) is 11.8 Å². The molecule has 1 unspecified atom stereocenters. The SMILES string of the molecule is CC(CCl)C(=O)N(C)CC(F)F. The van der Waals surface area contributed by atoms with Crippen LogP contribution in [0.4, 0.5) is 8.78 Å². The van der Waals surface area contributed by atoms with Gasteiger partial charge in [-0.15, -0.1) is 11.6 Å². The van der Waals surface area contributed by atoms with Crippen LogP contribution < -0.4 is 0 Å². The number of amides is 1. The maximum absolute atomic E-state index is 11.8. The fourth-order valence-electron chi connectivity index (χ4n) is 0.739. The second kappa shape index (κ2) is 5.30. The first-order chi connectivity index (χ1) is 5.49. The molecule has 1 amide bonds. The number of hydrogen-bond donors (Lipinski definition) is 0. The predicted molar refractivity (Wildman–Crippen MR) is 43.5 cm³/mol. The Bertz CT molecular complexity index is 154. The van der Waals surface area contributed by atoms with Gasteiger partial charge in [-0.2, -0.15) is 0 Å². The van der Waals surface area contributed by atoms with E-state index in [1.54, 1.807) is 6.92 Å². The summed E-state index contributed by atoms with van der Waals surface area (Å²) in [7, 11) is 1.34. The fourth-order valence-corrected chi connectivity index (χ4v) is 0.871. The molecule has 2 nitrogen and oxygen atoms in total. The lowest BCUT2D eigenvalue weighted by atomic mass is 10.2. The van der Waals surface area contributed by atoms with Crippen LogP contribution in [0.5, 0.6) is 0 Å². The third-order valence-corrected chi connectivity index (χ3v) is 1.90. The van der Waals surface area contributed by atoms with Gasteiger partial charge in [0, 0.05) is 18.8 Å². The average molecular weight is 200 g/mol. The molecule has 0 fully saturated rings. The number of hydrogen-bond acceptors (Lipinski definition) is 1. The summed E-state index contributed by atoms with van der Waals surface area (Å²) in [5, 5.41) is 0. The first-order valence-corrected chi connectivity index (χ1v) is 4.11. The molecule has 0 aliphatic rings. The summed E-state index contributed by atoms with van der Waals surface area (Å²) in [6, 6.07) is 0. The van der Waals surface area contributed by atoms with Crippen molar-refractivity contribution >= 4 is 17.5 Å². The van der Waals surface area contributed by atoms with Crippen molar-refractivity contribution in [3.8, 4) is 0 Å². The van der Waals surface area contributed by atoms with E-state index in [1.165, 1.54) is 7.05 Å². The Hall–Kier alpha value is -0.380. The van der Waals surface area contributed by atoms with E-state index in [2.05, 4.69) is 0 Å². The zero-order valence-electron chi connectivity index (χ0n) is 7.06. The minimum absolute atomic E-state index is 0.159. The Morgan fingerprint density at radius 3 is 2.42 bits per heavy atom. The van der Waals surface area contributed by atoms with Crippen LogP contribution in [0.25, 0.3) is 0 Å². The van der Waals surface area contributed by atoms with Gasteiger partial charge in [0.1, 0.15) is 0 Å². The van der Waals surface area contributed by atoms with Crippen LogP contribution in [0, 0.1) is 5.92 Å². The number of alkyl halides is 3. The van der Waals surface area contributed by atoms with E-state index in [0.29, 0.717) is 0 Å². The Balaban J connectivity index is 3.92. The molecule has 0 N–H and O–H groups in total. The third kappa shape index (κ3) is 3.85. The largest absolute Gasteiger partial charge is 0.340 e. The quantitative estimate of drug-likeness (QED) is 0.630.